The minimum absolute atomic E-state index is 0.573. The van der Waals surface area contributed by atoms with Crippen LogP contribution in [0.25, 0.3) is 33.5 Å². The number of para-hydroxylation sites is 2. The molecule has 94 valence electrons. The Hall–Kier alpha value is -2.88. The van der Waals surface area contributed by atoms with Crippen molar-refractivity contribution < 1.29 is 0 Å². The second-order valence-corrected chi connectivity index (χ2v) is 4.52. The molecule has 0 bridgehead atoms. The van der Waals surface area contributed by atoms with Crippen LogP contribution in [0.15, 0.2) is 60.7 Å². The highest BCUT2D eigenvalue weighted by molar-refractivity contribution is 5.85. The van der Waals surface area contributed by atoms with Gasteiger partial charge in [-0.15, -0.1) is 10.2 Å². The lowest BCUT2D eigenvalue weighted by molar-refractivity contribution is 1.06. The highest BCUT2D eigenvalue weighted by Crippen LogP contribution is 2.20. The first-order chi connectivity index (χ1) is 9.90. The van der Waals surface area contributed by atoms with E-state index in [1.807, 2.05) is 60.7 Å². The molecule has 4 aromatic rings. The number of benzene rings is 2. The van der Waals surface area contributed by atoms with Gasteiger partial charge < -0.3 is 0 Å². The molecule has 4 nitrogen and oxygen atoms in total. The molecule has 0 aliphatic heterocycles. The lowest BCUT2D eigenvalue weighted by Gasteiger charge is -2.02. The van der Waals surface area contributed by atoms with E-state index >= 15 is 0 Å². The lowest BCUT2D eigenvalue weighted by atomic mass is 10.1. The van der Waals surface area contributed by atoms with E-state index in [9.17, 15) is 0 Å². The van der Waals surface area contributed by atoms with Crippen molar-refractivity contribution in [3.8, 4) is 11.3 Å². The van der Waals surface area contributed by atoms with Crippen LogP contribution in [-0.2, 0) is 0 Å². The molecule has 2 aromatic carbocycles. The third kappa shape index (κ3) is 1.78. The third-order valence-corrected chi connectivity index (χ3v) is 3.17. The molecule has 0 radical (unpaired) electrons. The Morgan fingerprint density at radius 2 is 1.30 bits per heavy atom. The Kier molecular flexibility index (Phi) is 2.39. The molecule has 0 atom stereocenters. The molecule has 2 aromatic heterocycles. The number of rotatable bonds is 1. The highest BCUT2D eigenvalue weighted by atomic mass is 15.1. The van der Waals surface area contributed by atoms with Crippen molar-refractivity contribution >= 4 is 22.2 Å². The molecule has 0 unspecified atom stereocenters. The van der Waals surface area contributed by atoms with Crippen LogP contribution in [-0.4, -0.2) is 20.2 Å². The summed E-state index contributed by atoms with van der Waals surface area (Å²) >= 11 is 0. The summed E-state index contributed by atoms with van der Waals surface area (Å²) in [5, 5.41) is 8.42. The normalized spacial score (nSPS) is 11.0. The standard InChI is InChI=1S/C16H10N4/c1-2-6-11(7-3-1)14-10-15-16(20-19-14)18-13-9-5-4-8-12(13)17-15/h1-10H. The predicted octanol–water partition coefficient (Wildman–Crippen LogP) is 3.24. The van der Waals surface area contributed by atoms with E-state index in [1.165, 1.54) is 0 Å². The fourth-order valence-electron chi connectivity index (χ4n) is 2.18. The number of fused-ring (bicyclic) bond motifs is 2. The molecule has 20 heavy (non-hydrogen) atoms. The van der Waals surface area contributed by atoms with Gasteiger partial charge in [0.1, 0.15) is 5.52 Å². The third-order valence-electron chi connectivity index (χ3n) is 3.17. The number of hydrogen-bond acceptors (Lipinski definition) is 4. The second-order valence-electron chi connectivity index (χ2n) is 4.52. The van der Waals surface area contributed by atoms with Gasteiger partial charge in [0.25, 0.3) is 0 Å². The molecule has 0 saturated carbocycles. The van der Waals surface area contributed by atoms with Crippen LogP contribution < -0.4 is 0 Å². The lowest BCUT2D eigenvalue weighted by Crippen LogP contribution is -1.94. The zero-order valence-electron chi connectivity index (χ0n) is 10.6. The summed E-state index contributed by atoms with van der Waals surface area (Å²) in [6.07, 6.45) is 0. The zero-order valence-corrected chi connectivity index (χ0v) is 10.6. The summed E-state index contributed by atoms with van der Waals surface area (Å²) in [4.78, 5) is 9.08. The van der Waals surface area contributed by atoms with E-state index in [0.717, 1.165) is 27.8 Å². The average molecular weight is 258 g/mol. The van der Waals surface area contributed by atoms with Crippen molar-refractivity contribution in [2.24, 2.45) is 0 Å². The quantitative estimate of drug-likeness (QED) is 0.492. The van der Waals surface area contributed by atoms with Gasteiger partial charge in [-0.25, -0.2) is 9.97 Å². The molecule has 0 aliphatic rings. The Labute approximate surface area is 115 Å². The van der Waals surface area contributed by atoms with Crippen LogP contribution in [0.3, 0.4) is 0 Å². The molecule has 2 heterocycles. The maximum absolute atomic E-state index is 4.60. The molecule has 0 saturated heterocycles. The minimum Gasteiger partial charge on any atom is -0.243 e. The predicted molar refractivity (Wildman–Crippen MR) is 78.1 cm³/mol. The second kappa shape index (κ2) is 4.35. The summed E-state index contributed by atoms with van der Waals surface area (Å²) < 4.78 is 0. The average Bonchev–Trinajstić information content (AvgIpc) is 2.53. The van der Waals surface area contributed by atoms with Gasteiger partial charge in [-0.1, -0.05) is 42.5 Å². The molecule has 0 spiro atoms. The van der Waals surface area contributed by atoms with Crippen LogP contribution in [0.1, 0.15) is 0 Å². The fourth-order valence-corrected chi connectivity index (χ4v) is 2.18. The van der Waals surface area contributed by atoms with E-state index in [0.29, 0.717) is 5.65 Å². The van der Waals surface area contributed by atoms with Gasteiger partial charge >= 0.3 is 0 Å². The van der Waals surface area contributed by atoms with Crippen molar-refractivity contribution in [3.05, 3.63) is 60.7 Å². The first-order valence-corrected chi connectivity index (χ1v) is 6.36. The maximum Gasteiger partial charge on any atom is 0.201 e. The molecular weight excluding hydrogens is 248 g/mol. The summed E-state index contributed by atoms with van der Waals surface area (Å²) in [5.74, 6) is 0. The van der Waals surface area contributed by atoms with Crippen molar-refractivity contribution in [1.82, 2.24) is 20.2 Å². The van der Waals surface area contributed by atoms with Crippen LogP contribution >= 0.6 is 0 Å². The monoisotopic (exact) mass is 258 g/mol. The van der Waals surface area contributed by atoms with Gasteiger partial charge in [0, 0.05) is 5.56 Å². The number of nitrogens with zero attached hydrogens (tertiary/aromatic N) is 4. The molecule has 4 heteroatoms. The van der Waals surface area contributed by atoms with Gasteiger partial charge in [-0.05, 0) is 18.2 Å². The molecule has 0 N–H and O–H groups in total. The summed E-state index contributed by atoms with van der Waals surface area (Å²) in [5.41, 5.74) is 4.87. The summed E-state index contributed by atoms with van der Waals surface area (Å²) in [6, 6.07) is 19.6. The molecule has 4 rings (SSSR count). The van der Waals surface area contributed by atoms with Gasteiger partial charge in [-0.3, -0.25) is 0 Å². The van der Waals surface area contributed by atoms with Gasteiger partial charge in [-0.2, -0.15) is 0 Å². The fraction of sp³-hybridized carbons (Fsp3) is 0. The molecule has 0 fully saturated rings. The van der Waals surface area contributed by atoms with E-state index in [1.54, 1.807) is 0 Å². The first-order valence-electron chi connectivity index (χ1n) is 6.36. The molecular formula is C16H10N4. The zero-order chi connectivity index (χ0) is 13.4. The van der Waals surface area contributed by atoms with Gasteiger partial charge in [0.2, 0.25) is 5.65 Å². The topological polar surface area (TPSA) is 51.6 Å². The van der Waals surface area contributed by atoms with E-state index in [2.05, 4.69) is 20.2 Å². The Balaban J connectivity index is 1.97. The highest BCUT2D eigenvalue weighted by Gasteiger charge is 2.06. The first kappa shape index (κ1) is 11.0. The molecule has 0 amide bonds. The minimum atomic E-state index is 0.573. The smallest absolute Gasteiger partial charge is 0.201 e. The van der Waals surface area contributed by atoms with Gasteiger partial charge in [0.15, 0.2) is 0 Å². The van der Waals surface area contributed by atoms with Crippen LogP contribution in [0, 0.1) is 0 Å². The van der Waals surface area contributed by atoms with Crippen LogP contribution in [0.2, 0.25) is 0 Å². The number of hydrogen-bond donors (Lipinski definition) is 0. The largest absolute Gasteiger partial charge is 0.243 e. The Morgan fingerprint density at radius 3 is 2.10 bits per heavy atom. The van der Waals surface area contributed by atoms with E-state index in [4.69, 9.17) is 0 Å². The van der Waals surface area contributed by atoms with Gasteiger partial charge in [0.05, 0.1) is 16.7 Å². The summed E-state index contributed by atoms with van der Waals surface area (Å²) in [7, 11) is 0. The van der Waals surface area contributed by atoms with Crippen LogP contribution in [0.4, 0.5) is 0 Å². The molecule has 0 aliphatic carbocycles. The van der Waals surface area contributed by atoms with E-state index < -0.39 is 0 Å². The number of aromatic nitrogens is 4. The van der Waals surface area contributed by atoms with Crippen molar-refractivity contribution in [2.45, 2.75) is 0 Å². The maximum atomic E-state index is 4.60. The van der Waals surface area contributed by atoms with Crippen molar-refractivity contribution in [3.63, 3.8) is 0 Å². The SMILES string of the molecule is c1ccc(-c2cc3nc4ccccc4nc3nn2)cc1. The van der Waals surface area contributed by atoms with Crippen molar-refractivity contribution in [2.75, 3.05) is 0 Å². The Morgan fingerprint density at radius 1 is 0.600 bits per heavy atom. The van der Waals surface area contributed by atoms with E-state index in [-0.39, 0.29) is 0 Å². The summed E-state index contributed by atoms with van der Waals surface area (Å²) in [6.45, 7) is 0. The van der Waals surface area contributed by atoms with Crippen LogP contribution in [0.5, 0.6) is 0 Å². The Bertz CT molecular complexity index is 904. The van der Waals surface area contributed by atoms with Crippen molar-refractivity contribution in [1.29, 1.82) is 0 Å².